The molecule has 1 heterocycles. The van der Waals surface area contributed by atoms with Gasteiger partial charge in [0.15, 0.2) is 0 Å². The SMILES string of the molecule is CC(C)CC(NC(=O)c1cc(C(C)(C)C)[nH]n1)C(=O)O. The number of carboxylic acids is 1. The Labute approximate surface area is 119 Å². The number of aromatic nitrogens is 2. The number of aliphatic carboxylic acids is 1. The number of carbonyl (C=O) groups is 2. The van der Waals surface area contributed by atoms with Crippen molar-refractivity contribution >= 4 is 11.9 Å². The first-order valence-corrected chi connectivity index (χ1v) is 6.70. The molecule has 6 nitrogen and oxygen atoms in total. The molecule has 1 amide bonds. The predicted molar refractivity (Wildman–Crippen MR) is 75.6 cm³/mol. The number of hydrogen-bond donors (Lipinski definition) is 3. The number of rotatable bonds is 5. The standard InChI is InChI=1S/C14H23N3O3/c1-8(2)6-10(13(19)20)15-12(18)9-7-11(17-16-9)14(3,4)5/h7-8,10H,6H2,1-5H3,(H,15,18)(H,16,17)(H,19,20). The Kier molecular flexibility index (Phi) is 4.92. The van der Waals surface area contributed by atoms with Crippen LogP contribution in [0.4, 0.5) is 0 Å². The van der Waals surface area contributed by atoms with E-state index in [9.17, 15) is 9.59 Å². The molecule has 0 bridgehead atoms. The fraction of sp³-hybridized carbons (Fsp3) is 0.643. The van der Waals surface area contributed by atoms with E-state index in [1.54, 1.807) is 6.07 Å². The van der Waals surface area contributed by atoms with Crippen LogP contribution in [0.1, 0.15) is 57.2 Å². The van der Waals surface area contributed by atoms with Crippen LogP contribution in [0.15, 0.2) is 6.07 Å². The van der Waals surface area contributed by atoms with Gasteiger partial charge >= 0.3 is 5.97 Å². The van der Waals surface area contributed by atoms with Gasteiger partial charge in [0.2, 0.25) is 0 Å². The van der Waals surface area contributed by atoms with Gasteiger partial charge in [-0.3, -0.25) is 9.89 Å². The smallest absolute Gasteiger partial charge is 0.326 e. The first kappa shape index (κ1) is 16.2. The first-order chi connectivity index (χ1) is 9.11. The Morgan fingerprint density at radius 3 is 2.40 bits per heavy atom. The van der Waals surface area contributed by atoms with Gasteiger partial charge in [0.25, 0.3) is 5.91 Å². The average molecular weight is 281 g/mol. The lowest BCUT2D eigenvalue weighted by Gasteiger charge is -2.16. The van der Waals surface area contributed by atoms with Crippen LogP contribution in [-0.4, -0.2) is 33.2 Å². The normalized spacial score (nSPS) is 13.3. The second kappa shape index (κ2) is 6.07. The summed E-state index contributed by atoms with van der Waals surface area (Å²) in [6, 6.07) is 0.765. The van der Waals surface area contributed by atoms with Crippen molar-refractivity contribution in [1.82, 2.24) is 15.5 Å². The minimum atomic E-state index is -1.03. The summed E-state index contributed by atoms with van der Waals surface area (Å²) in [7, 11) is 0. The van der Waals surface area contributed by atoms with Gasteiger partial charge in [0.05, 0.1) is 0 Å². The molecule has 3 N–H and O–H groups in total. The number of nitrogens with one attached hydrogen (secondary N) is 2. The second-order valence-corrected chi connectivity index (χ2v) is 6.41. The fourth-order valence-electron chi connectivity index (χ4n) is 1.75. The lowest BCUT2D eigenvalue weighted by Crippen LogP contribution is -2.41. The van der Waals surface area contributed by atoms with Gasteiger partial charge < -0.3 is 10.4 Å². The summed E-state index contributed by atoms with van der Waals surface area (Å²) in [5.41, 5.74) is 0.902. The van der Waals surface area contributed by atoms with Crippen molar-refractivity contribution in [2.45, 2.75) is 52.5 Å². The Balaban J connectivity index is 2.79. The van der Waals surface area contributed by atoms with E-state index >= 15 is 0 Å². The molecule has 1 rings (SSSR count). The maximum atomic E-state index is 12.0. The molecule has 1 aromatic rings. The zero-order valence-electron chi connectivity index (χ0n) is 12.7. The van der Waals surface area contributed by atoms with Gasteiger partial charge in [-0.1, -0.05) is 34.6 Å². The molecular formula is C14H23N3O3. The number of carboxylic acid groups (broad SMARTS) is 1. The maximum absolute atomic E-state index is 12.0. The Hall–Kier alpha value is -1.85. The summed E-state index contributed by atoms with van der Waals surface area (Å²) in [6.07, 6.45) is 0.387. The molecule has 1 aromatic heterocycles. The van der Waals surface area contributed by atoms with E-state index in [0.29, 0.717) is 6.42 Å². The molecule has 20 heavy (non-hydrogen) atoms. The fourth-order valence-corrected chi connectivity index (χ4v) is 1.75. The third-order valence-electron chi connectivity index (χ3n) is 2.93. The van der Waals surface area contributed by atoms with E-state index in [1.807, 2.05) is 34.6 Å². The number of carbonyl (C=O) groups excluding carboxylic acids is 1. The van der Waals surface area contributed by atoms with E-state index in [1.165, 1.54) is 0 Å². The predicted octanol–water partition coefficient (Wildman–Crippen LogP) is 1.94. The Morgan fingerprint density at radius 2 is 2.00 bits per heavy atom. The largest absolute Gasteiger partial charge is 0.480 e. The van der Waals surface area contributed by atoms with Crippen molar-refractivity contribution in [2.24, 2.45) is 5.92 Å². The van der Waals surface area contributed by atoms with Crippen LogP contribution >= 0.6 is 0 Å². The molecule has 0 fully saturated rings. The van der Waals surface area contributed by atoms with Crippen LogP contribution in [0, 0.1) is 5.92 Å². The second-order valence-electron chi connectivity index (χ2n) is 6.41. The minimum Gasteiger partial charge on any atom is -0.480 e. The highest BCUT2D eigenvalue weighted by atomic mass is 16.4. The van der Waals surface area contributed by atoms with Crippen molar-refractivity contribution < 1.29 is 14.7 Å². The number of amides is 1. The van der Waals surface area contributed by atoms with Gasteiger partial charge in [0, 0.05) is 11.1 Å². The van der Waals surface area contributed by atoms with Gasteiger partial charge in [0.1, 0.15) is 11.7 Å². The molecule has 0 spiro atoms. The van der Waals surface area contributed by atoms with Gasteiger partial charge in [-0.05, 0) is 18.4 Å². The number of hydrogen-bond acceptors (Lipinski definition) is 3. The quantitative estimate of drug-likeness (QED) is 0.768. The van der Waals surface area contributed by atoms with Crippen molar-refractivity contribution in [1.29, 1.82) is 0 Å². The molecule has 0 saturated heterocycles. The molecule has 0 aliphatic heterocycles. The highest BCUT2D eigenvalue weighted by Gasteiger charge is 2.24. The van der Waals surface area contributed by atoms with Crippen LogP contribution in [0.2, 0.25) is 0 Å². The number of aromatic amines is 1. The molecule has 0 aromatic carbocycles. The van der Waals surface area contributed by atoms with E-state index in [4.69, 9.17) is 5.11 Å². The highest BCUT2D eigenvalue weighted by molar-refractivity contribution is 5.95. The highest BCUT2D eigenvalue weighted by Crippen LogP contribution is 2.20. The molecule has 1 atom stereocenters. The molecule has 0 radical (unpaired) electrons. The molecule has 0 saturated carbocycles. The van der Waals surface area contributed by atoms with Crippen LogP contribution < -0.4 is 5.32 Å². The first-order valence-electron chi connectivity index (χ1n) is 6.70. The Morgan fingerprint density at radius 1 is 1.40 bits per heavy atom. The summed E-state index contributed by atoms with van der Waals surface area (Å²) in [5, 5.41) is 18.4. The molecule has 6 heteroatoms. The van der Waals surface area contributed by atoms with Crippen LogP contribution in [-0.2, 0) is 10.2 Å². The number of H-pyrrole nitrogens is 1. The summed E-state index contributed by atoms with van der Waals surface area (Å²) in [5.74, 6) is -1.32. The Bertz CT molecular complexity index is 486. The molecule has 1 unspecified atom stereocenters. The van der Waals surface area contributed by atoms with E-state index in [0.717, 1.165) is 5.69 Å². The van der Waals surface area contributed by atoms with Crippen molar-refractivity contribution in [2.75, 3.05) is 0 Å². The minimum absolute atomic E-state index is 0.143. The molecule has 0 aliphatic carbocycles. The third-order valence-corrected chi connectivity index (χ3v) is 2.93. The molecular weight excluding hydrogens is 258 g/mol. The van der Waals surface area contributed by atoms with E-state index in [-0.39, 0.29) is 17.0 Å². The molecule has 0 aliphatic rings. The van der Waals surface area contributed by atoms with Crippen LogP contribution in [0.25, 0.3) is 0 Å². The topological polar surface area (TPSA) is 95.1 Å². The van der Waals surface area contributed by atoms with E-state index in [2.05, 4.69) is 15.5 Å². The van der Waals surface area contributed by atoms with Crippen LogP contribution in [0.3, 0.4) is 0 Å². The van der Waals surface area contributed by atoms with Crippen LogP contribution in [0.5, 0.6) is 0 Å². The maximum Gasteiger partial charge on any atom is 0.326 e. The lowest BCUT2D eigenvalue weighted by atomic mass is 9.92. The van der Waals surface area contributed by atoms with Gasteiger partial charge in [-0.2, -0.15) is 5.10 Å². The molecule has 112 valence electrons. The monoisotopic (exact) mass is 281 g/mol. The van der Waals surface area contributed by atoms with E-state index < -0.39 is 17.9 Å². The third kappa shape index (κ3) is 4.36. The lowest BCUT2D eigenvalue weighted by molar-refractivity contribution is -0.139. The average Bonchev–Trinajstić information content (AvgIpc) is 2.75. The summed E-state index contributed by atoms with van der Waals surface area (Å²) < 4.78 is 0. The summed E-state index contributed by atoms with van der Waals surface area (Å²) in [6.45, 7) is 9.83. The van der Waals surface area contributed by atoms with Gasteiger partial charge in [-0.25, -0.2) is 4.79 Å². The zero-order chi connectivity index (χ0) is 15.5. The van der Waals surface area contributed by atoms with Crippen molar-refractivity contribution in [3.05, 3.63) is 17.5 Å². The zero-order valence-corrected chi connectivity index (χ0v) is 12.7. The van der Waals surface area contributed by atoms with Gasteiger partial charge in [-0.15, -0.1) is 0 Å². The number of nitrogens with zero attached hydrogens (tertiary/aromatic N) is 1. The summed E-state index contributed by atoms with van der Waals surface area (Å²) >= 11 is 0. The van der Waals surface area contributed by atoms with Crippen molar-refractivity contribution in [3.8, 4) is 0 Å². The van der Waals surface area contributed by atoms with Crippen molar-refractivity contribution in [3.63, 3.8) is 0 Å². The summed E-state index contributed by atoms with van der Waals surface area (Å²) in [4.78, 5) is 23.1.